The van der Waals surface area contributed by atoms with Crippen molar-refractivity contribution in [3.05, 3.63) is 35.4 Å². The number of hydrogen-bond acceptors (Lipinski definition) is 4. The Morgan fingerprint density at radius 3 is 1.85 bits per heavy atom. The van der Waals surface area contributed by atoms with Crippen molar-refractivity contribution >= 4 is 11.8 Å². The zero-order valence-corrected chi connectivity index (χ0v) is 11.8. The predicted octanol–water partition coefficient (Wildman–Crippen LogP) is 0.521. The molecule has 0 unspecified atom stereocenters. The number of amides is 2. The number of methoxy groups -OCH3 is 2. The molecule has 0 aliphatic carbocycles. The molecule has 0 aliphatic rings. The Balaban J connectivity index is 2.78. The number of carbonyl (C=O) groups excluding carboxylic acids is 2. The monoisotopic (exact) mass is 280 g/mol. The standard InChI is InChI=1S/C14H20N2O4/c1-19-9-7-16(8-10-20-2)14(18)12-5-3-11(4-6-12)13(15)17/h3-6H,7-10H2,1-2H3,(H2,15,17). The summed E-state index contributed by atoms with van der Waals surface area (Å²) >= 11 is 0. The summed E-state index contributed by atoms with van der Waals surface area (Å²) in [6.07, 6.45) is 0. The molecule has 0 saturated carbocycles. The molecule has 0 aromatic heterocycles. The molecule has 0 spiro atoms. The van der Waals surface area contributed by atoms with Crippen LogP contribution in [-0.2, 0) is 9.47 Å². The maximum atomic E-state index is 12.3. The Labute approximate surface area is 118 Å². The maximum absolute atomic E-state index is 12.3. The highest BCUT2D eigenvalue weighted by atomic mass is 16.5. The highest BCUT2D eigenvalue weighted by Crippen LogP contribution is 2.08. The maximum Gasteiger partial charge on any atom is 0.254 e. The van der Waals surface area contributed by atoms with Gasteiger partial charge in [-0.2, -0.15) is 0 Å². The quantitative estimate of drug-likeness (QED) is 0.752. The molecule has 0 radical (unpaired) electrons. The number of nitrogens with zero attached hydrogens (tertiary/aromatic N) is 1. The van der Waals surface area contributed by atoms with Gasteiger partial charge in [0.1, 0.15) is 0 Å². The van der Waals surface area contributed by atoms with E-state index in [1.165, 1.54) is 0 Å². The third kappa shape index (κ3) is 4.64. The normalized spacial score (nSPS) is 10.3. The van der Waals surface area contributed by atoms with Crippen molar-refractivity contribution in [1.82, 2.24) is 4.90 Å². The van der Waals surface area contributed by atoms with Crippen molar-refractivity contribution in [1.29, 1.82) is 0 Å². The highest BCUT2D eigenvalue weighted by Gasteiger charge is 2.15. The van der Waals surface area contributed by atoms with Gasteiger partial charge >= 0.3 is 0 Å². The fourth-order valence-electron chi connectivity index (χ4n) is 1.68. The van der Waals surface area contributed by atoms with E-state index >= 15 is 0 Å². The van der Waals surface area contributed by atoms with E-state index in [0.717, 1.165) is 0 Å². The number of carbonyl (C=O) groups is 2. The summed E-state index contributed by atoms with van der Waals surface area (Å²) < 4.78 is 9.99. The second kappa shape index (κ2) is 8.29. The summed E-state index contributed by atoms with van der Waals surface area (Å²) in [7, 11) is 3.17. The summed E-state index contributed by atoms with van der Waals surface area (Å²) in [5.41, 5.74) is 6.04. The molecule has 0 heterocycles. The van der Waals surface area contributed by atoms with Crippen LogP contribution in [0.1, 0.15) is 20.7 Å². The number of hydrogen-bond donors (Lipinski definition) is 1. The van der Waals surface area contributed by atoms with E-state index in [9.17, 15) is 9.59 Å². The summed E-state index contributed by atoms with van der Waals surface area (Å²) in [6.45, 7) is 1.87. The van der Waals surface area contributed by atoms with Crippen LogP contribution in [0.4, 0.5) is 0 Å². The third-order valence-electron chi connectivity index (χ3n) is 2.83. The molecule has 1 aromatic carbocycles. The van der Waals surface area contributed by atoms with Crippen molar-refractivity contribution in [2.75, 3.05) is 40.5 Å². The molecule has 1 rings (SSSR count). The summed E-state index contributed by atoms with van der Waals surface area (Å²) in [5.74, 6) is -0.644. The molecule has 6 nitrogen and oxygen atoms in total. The molecule has 6 heteroatoms. The van der Waals surface area contributed by atoms with Gasteiger partial charge in [-0.25, -0.2) is 0 Å². The molecule has 0 aliphatic heterocycles. The molecule has 0 fully saturated rings. The zero-order chi connectivity index (χ0) is 15.0. The fourth-order valence-corrected chi connectivity index (χ4v) is 1.68. The zero-order valence-electron chi connectivity index (χ0n) is 11.8. The van der Waals surface area contributed by atoms with Crippen LogP contribution in [0.2, 0.25) is 0 Å². The van der Waals surface area contributed by atoms with Gasteiger partial charge in [-0.05, 0) is 24.3 Å². The van der Waals surface area contributed by atoms with Gasteiger partial charge in [-0.3, -0.25) is 9.59 Å². The van der Waals surface area contributed by atoms with Crippen LogP contribution in [0.25, 0.3) is 0 Å². The molecule has 0 bridgehead atoms. The van der Waals surface area contributed by atoms with Crippen molar-refractivity contribution in [3.8, 4) is 0 Å². The minimum Gasteiger partial charge on any atom is -0.383 e. The van der Waals surface area contributed by atoms with Crippen molar-refractivity contribution in [3.63, 3.8) is 0 Å². The van der Waals surface area contributed by atoms with Crippen LogP contribution in [0, 0.1) is 0 Å². The lowest BCUT2D eigenvalue weighted by Crippen LogP contribution is -2.36. The SMILES string of the molecule is COCCN(CCOC)C(=O)c1ccc(C(N)=O)cc1. The second-order valence-electron chi connectivity index (χ2n) is 4.22. The summed E-state index contributed by atoms with van der Waals surface area (Å²) in [5, 5.41) is 0. The lowest BCUT2D eigenvalue weighted by Gasteiger charge is -2.22. The Hall–Kier alpha value is -1.92. The van der Waals surface area contributed by atoms with Gasteiger partial charge < -0.3 is 20.1 Å². The van der Waals surface area contributed by atoms with Gasteiger partial charge in [-0.1, -0.05) is 0 Å². The number of nitrogens with two attached hydrogens (primary N) is 1. The molecule has 1 aromatic rings. The van der Waals surface area contributed by atoms with E-state index in [0.29, 0.717) is 37.4 Å². The fraction of sp³-hybridized carbons (Fsp3) is 0.429. The van der Waals surface area contributed by atoms with Crippen molar-refractivity contribution < 1.29 is 19.1 Å². The molecule has 2 amide bonds. The first-order valence-corrected chi connectivity index (χ1v) is 6.27. The van der Waals surface area contributed by atoms with E-state index in [4.69, 9.17) is 15.2 Å². The smallest absolute Gasteiger partial charge is 0.254 e. The first kappa shape index (κ1) is 16.1. The van der Waals surface area contributed by atoms with Crippen molar-refractivity contribution in [2.45, 2.75) is 0 Å². The average Bonchev–Trinajstić information content (AvgIpc) is 2.47. The average molecular weight is 280 g/mol. The predicted molar refractivity (Wildman–Crippen MR) is 74.6 cm³/mol. The van der Waals surface area contributed by atoms with Gasteiger partial charge in [-0.15, -0.1) is 0 Å². The van der Waals surface area contributed by atoms with Crippen molar-refractivity contribution in [2.24, 2.45) is 5.73 Å². The van der Waals surface area contributed by atoms with Crippen LogP contribution >= 0.6 is 0 Å². The first-order valence-electron chi connectivity index (χ1n) is 6.27. The van der Waals surface area contributed by atoms with Gasteiger partial charge in [0.25, 0.3) is 5.91 Å². The van der Waals surface area contributed by atoms with Crippen LogP contribution in [0.5, 0.6) is 0 Å². The minimum absolute atomic E-state index is 0.130. The highest BCUT2D eigenvalue weighted by molar-refractivity contribution is 5.97. The van der Waals surface area contributed by atoms with Crippen LogP contribution in [0.15, 0.2) is 24.3 Å². The Morgan fingerprint density at radius 2 is 1.45 bits per heavy atom. The number of primary amides is 1. The molecule has 0 saturated heterocycles. The van der Waals surface area contributed by atoms with Gasteiger partial charge in [0.15, 0.2) is 0 Å². The van der Waals surface area contributed by atoms with E-state index in [1.807, 2.05) is 0 Å². The third-order valence-corrected chi connectivity index (χ3v) is 2.83. The minimum atomic E-state index is -0.514. The van der Waals surface area contributed by atoms with Gasteiger partial charge in [0, 0.05) is 38.4 Å². The molecule has 2 N–H and O–H groups in total. The molecule has 20 heavy (non-hydrogen) atoms. The Morgan fingerprint density at radius 1 is 1.00 bits per heavy atom. The van der Waals surface area contributed by atoms with E-state index in [1.54, 1.807) is 43.4 Å². The van der Waals surface area contributed by atoms with Crippen LogP contribution in [-0.4, -0.2) is 57.2 Å². The topological polar surface area (TPSA) is 81.9 Å². The second-order valence-corrected chi connectivity index (χ2v) is 4.22. The van der Waals surface area contributed by atoms with Crippen LogP contribution in [0.3, 0.4) is 0 Å². The lowest BCUT2D eigenvalue weighted by atomic mass is 10.1. The van der Waals surface area contributed by atoms with Gasteiger partial charge in [0.2, 0.25) is 5.91 Å². The number of benzene rings is 1. The Kier molecular flexibility index (Phi) is 6.69. The summed E-state index contributed by atoms with van der Waals surface area (Å²) in [6, 6.07) is 6.27. The molecule has 110 valence electrons. The van der Waals surface area contributed by atoms with E-state index in [2.05, 4.69) is 0 Å². The molecular weight excluding hydrogens is 260 g/mol. The van der Waals surface area contributed by atoms with Gasteiger partial charge in [0.05, 0.1) is 13.2 Å². The summed E-state index contributed by atoms with van der Waals surface area (Å²) in [4.78, 5) is 25.0. The largest absolute Gasteiger partial charge is 0.383 e. The van der Waals surface area contributed by atoms with E-state index < -0.39 is 5.91 Å². The molecule has 0 atom stereocenters. The van der Waals surface area contributed by atoms with E-state index in [-0.39, 0.29) is 5.91 Å². The molecular formula is C14H20N2O4. The Bertz CT molecular complexity index is 437. The van der Waals surface area contributed by atoms with Crippen LogP contribution < -0.4 is 5.73 Å². The lowest BCUT2D eigenvalue weighted by molar-refractivity contribution is 0.0627. The first-order chi connectivity index (χ1) is 9.60. The number of ether oxygens (including phenoxy) is 2. The number of rotatable bonds is 8.